The smallest absolute Gasteiger partial charge is 0.188 e. The zero-order valence-corrected chi connectivity index (χ0v) is 10.8. The summed E-state index contributed by atoms with van der Waals surface area (Å²) >= 11 is 0. The van der Waals surface area contributed by atoms with Crippen LogP contribution in [0.2, 0.25) is 0 Å². The molecule has 4 nitrogen and oxygen atoms in total. The molecule has 4 N–H and O–H groups in total. The third-order valence-electron chi connectivity index (χ3n) is 3.21. The minimum atomic E-state index is -0.347. The molecular formula is C13H25N3O. The molecule has 1 aliphatic carbocycles. The maximum atomic E-state index is 9.99. The highest BCUT2D eigenvalue weighted by atomic mass is 16.3. The van der Waals surface area contributed by atoms with E-state index in [1.54, 1.807) is 0 Å². The second-order valence-electron chi connectivity index (χ2n) is 5.00. The summed E-state index contributed by atoms with van der Waals surface area (Å²) in [6.45, 7) is 6.74. The number of aliphatic hydroxyl groups is 1. The van der Waals surface area contributed by atoms with Gasteiger partial charge in [-0.15, -0.1) is 0 Å². The molecule has 1 saturated carbocycles. The minimum absolute atomic E-state index is 0.347. The van der Waals surface area contributed by atoms with Crippen molar-refractivity contribution in [3.05, 3.63) is 12.2 Å². The topological polar surface area (TPSA) is 70.6 Å². The minimum Gasteiger partial charge on any atom is -0.391 e. The molecule has 1 unspecified atom stereocenters. The molecule has 0 spiro atoms. The quantitative estimate of drug-likeness (QED) is 0.386. The predicted molar refractivity (Wildman–Crippen MR) is 71.9 cm³/mol. The van der Waals surface area contributed by atoms with Crippen molar-refractivity contribution in [1.82, 2.24) is 5.32 Å². The molecule has 0 saturated heterocycles. The van der Waals surface area contributed by atoms with Gasteiger partial charge in [-0.1, -0.05) is 31.4 Å². The average molecular weight is 239 g/mol. The van der Waals surface area contributed by atoms with Crippen LogP contribution >= 0.6 is 0 Å². The predicted octanol–water partition coefficient (Wildman–Crippen LogP) is 1.41. The monoisotopic (exact) mass is 239 g/mol. The van der Waals surface area contributed by atoms with Gasteiger partial charge in [0.25, 0.3) is 0 Å². The van der Waals surface area contributed by atoms with Gasteiger partial charge in [0.2, 0.25) is 0 Å². The van der Waals surface area contributed by atoms with Gasteiger partial charge in [-0.05, 0) is 25.7 Å². The fourth-order valence-corrected chi connectivity index (χ4v) is 2.16. The summed E-state index contributed by atoms with van der Waals surface area (Å²) in [6, 6.07) is 0. The van der Waals surface area contributed by atoms with E-state index in [1.807, 2.05) is 6.92 Å². The Labute approximate surface area is 104 Å². The molecule has 1 rings (SSSR count). The van der Waals surface area contributed by atoms with Gasteiger partial charge >= 0.3 is 0 Å². The number of hydrogen-bond donors (Lipinski definition) is 3. The van der Waals surface area contributed by atoms with E-state index in [0.717, 1.165) is 18.4 Å². The van der Waals surface area contributed by atoms with Gasteiger partial charge in [0.15, 0.2) is 5.96 Å². The fourth-order valence-electron chi connectivity index (χ4n) is 2.16. The van der Waals surface area contributed by atoms with Crippen molar-refractivity contribution in [3.63, 3.8) is 0 Å². The molecule has 1 fully saturated rings. The second kappa shape index (κ2) is 7.33. The first-order chi connectivity index (χ1) is 8.09. The van der Waals surface area contributed by atoms with Crippen molar-refractivity contribution >= 4 is 5.96 Å². The molecule has 4 heteroatoms. The first kappa shape index (κ1) is 14.0. The van der Waals surface area contributed by atoms with Crippen molar-refractivity contribution in [1.29, 1.82) is 0 Å². The zero-order chi connectivity index (χ0) is 12.7. The van der Waals surface area contributed by atoms with E-state index >= 15 is 0 Å². The van der Waals surface area contributed by atoms with Gasteiger partial charge < -0.3 is 16.2 Å². The second-order valence-corrected chi connectivity index (χ2v) is 5.00. The summed E-state index contributed by atoms with van der Waals surface area (Å²) in [5.74, 6) is 0.796. The number of aliphatic hydroxyl groups excluding tert-OH is 1. The first-order valence-corrected chi connectivity index (χ1v) is 6.46. The van der Waals surface area contributed by atoms with Crippen LogP contribution < -0.4 is 11.1 Å². The highest BCUT2D eigenvalue weighted by Gasteiger charge is 2.21. The number of rotatable bonds is 5. The van der Waals surface area contributed by atoms with Crippen LogP contribution in [0.3, 0.4) is 0 Å². The van der Waals surface area contributed by atoms with E-state index in [9.17, 15) is 5.11 Å². The van der Waals surface area contributed by atoms with Gasteiger partial charge in [-0.3, -0.25) is 4.99 Å². The Morgan fingerprint density at radius 2 is 2.12 bits per heavy atom. The van der Waals surface area contributed by atoms with Crippen molar-refractivity contribution in [2.75, 3.05) is 13.1 Å². The van der Waals surface area contributed by atoms with E-state index < -0.39 is 0 Å². The van der Waals surface area contributed by atoms with Crippen LogP contribution in [0.5, 0.6) is 0 Å². The number of nitrogens with two attached hydrogens (primary N) is 1. The van der Waals surface area contributed by atoms with Gasteiger partial charge in [0.1, 0.15) is 0 Å². The van der Waals surface area contributed by atoms with Crippen LogP contribution in [0.4, 0.5) is 0 Å². The summed E-state index contributed by atoms with van der Waals surface area (Å²) in [5.41, 5.74) is 6.70. The molecule has 17 heavy (non-hydrogen) atoms. The molecule has 98 valence electrons. The highest BCUT2D eigenvalue weighted by Crippen LogP contribution is 2.26. The third kappa shape index (κ3) is 5.73. The maximum Gasteiger partial charge on any atom is 0.188 e. The Hall–Kier alpha value is -1.03. The van der Waals surface area contributed by atoms with Crippen LogP contribution in [0.1, 0.15) is 39.0 Å². The Balaban J connectivity index is 2.27. The fraction of sp³-hybridized carbons (Fsp3) is 0.769. The van der Waals surface area contributed by atoms with Gasteiger partial charge in [0, 0.05) is 6.54 Å². The Kier molecular flexibility index (Phi) is 6.05. The summed E-state index contributed by atoms with van der Waals surface area (Å²) in [5, 5.41) is 12.9. The van der Waals surface area contributed by atoms with Crippen molar-refractivity contribution in [2.24, 2.45) is 16.6 Å². The van der Waals surface area contributed by atoms with Crippen LogP contribution in [0.15, 0.2) is 17.1 Å². The third-order valence-corrected chi connectivity index (χ3v) is 3.21. The average Bonchev–Trinajstić information content (AvgIpc) is 2.34. The van der Waals surface area contributed by atoms with Crippen LogP contribution in [-0.2, 0) is 0 Å². The molecule has 0 bridgehead atoms. The first-order valence-electron chi connectivity index (χ1n) is 6.46. The van der Waals surface area contributed by atoms with E-state index in [2.05, 4.69) is 16.9 Å². The van der Waals surface area contributed by atoms with Gasteiger partial charge in [-0.25, -0.2) is 0 Å². The summed E-state index contributed by atoms with van der Waals surface area (Å²) in [6.07, 6.45) is 5.66. The van der Waals surface area contributed by atoms with Crippen LogP contribution in [-0.4, -0.2) is 30.3 Å². The van der Waals surface area contributed by atoms with Crippen LogP contribution in [0.25, 0.3) is 0 Å². The lowest BCUT2D eigenvalue weighted by Crippen LogP contribution is -2.34. The SMILES string of the molecule is C=C(C)CNC(N)=NCC(O)C1CCCCC1. The molecule has 0 radical (unpaired) electrons. The number of guanidine groups is 1. The van der Waals surface area contributed by atoms with E-state index in [1.165, 1.54) is 19.3 Å². The number of aliphatic imine (C=N–C) groups is 1. The van der Waals surface area contributed by atoms with Crippen molar-refractivity contribution < 1.29 is 5.11 Å². The zero-order valence-electron chi connectivity index (χ0n) is 10.8. The van der Waals surface area contributed by atoms with E-state index in [4.69, 9.17) is 5.73 Å². The molecule has 0 aromatic heterocycles. The number of nitrogens with one attached hydrogen (secondary N) is 1. The highest BCUT2D eigenvalue weighted by molar-refractivity contribution is 5.78. The maximum absolute atomic E-state index is 9.99. The van der Waals surface area contributed by atoms with Gasteiger partial charge in [0.05, 0.1) is 12.6 Å². The van der Waals surface area contributed by atoms with Crippen LogP contribution in [0, 0.1) is 5.92 Å². The summed E-state index contributed by atoms with van der Waals surface area (Å²) in [7, 11) is 0. The normalized spacial score (nSPS) is 20.0. The lowest BCUT2D eigenvalue weighted by molar-refractivity contribution is 0.0924. The molecule has 0 aliphatic heterocycles. The Morgan fingerprint density at radius 1 is 1.47 bits per heavy atom. The molecule has 0 heterocycles. The molecular weight excluding hydrogens is 214 g/mol. The molecule has 0 aromatic rings. The number of hydrogen-bond acceptors (Lipinski definition) is 2. The Bertz CT molecular complexity index is 270. The molecule has 0 aromatic carbocycles. The molecule has 1 atom stereocenters. The molecule has 0 amide bonds. The summed E-state index contributed by atoms with van der Waals surface area (Å²) in [4.78, 5) is 4.16. The van der Waals surface area contributed by atoms with Crippen molar-refractivity contribution in [2.45, 2.75) is 45.1 Å². The largest absolute Gasteiger partial charge is 0.391 e. The number of nitrogens with zero attached hydrogens (tertiary/aromatic N) is 1. The molecule has 1 aliphatic rings. The summed E-state index contributed by atoms with van der Waals surface area (Å²) < 4.78 is 0. The van der Waals surface area contributed by atoms with Crippen molar-refractivity contribution in [3.8, 4) is 0 Å². The van der Waals surface area contributed by atoms with Gasteiger partial charge in [-0.2, -0.15) is 0 Å². The Morgan fingerprint density at radius 3 is 2.71 bits per heavy atom. The lowest BCUT2D eigenvalue weighted by Gasteiger charge is -2.25. The lowest BCUT2D eigenvalue weighted by atomic mass is 9.85. The van der Waals surface area contributed by atoms with E-state index in [-0.39, 0.29) is 6.10 Å². The van der Waals surface area contributed by atoms with E-state index in [0.29, 0.717) is 25.0 Å². The standard InChI is InChI=1S/C13H25N3O/c1-10(2)8-15-13(14)16-9-12(17)11-6-4-3-5-7-11/h11-12,17H,1,3-9H2,2H3,(H3,14,15,16).